The van der Waals surface area contributed by atoms with Gasteiger partial charge in [-0.1, -0.05) is 50.2 Å². The van der Waals surface area contributed by atoms with E-state index in [0.717, 1.165) is 24.2 Å². The third-order valence-electron chi connectivity index (χ3n) is 5.36. The number of benzene rings is 3. The summed E-state index contributed by atoms with van der Waals surface area (Å²) in [6.07, 6.45) is 2.24. The predicted molar refractivity (Wildman–Crippen MR) is 112 cm³/mol. The molecule has 26 heavy (non-hydrogen) atoms. The number of nitrogens with two attached hydrogens (primary N) is 1. The standard InChI is InChI=1S/C23H25N3/c1-15(2)18-7-4-8-19(14-18)26(3)23(24)25-21-13-12-17-11-10-16-6-5-9-20(21)22(16)17/h4-9,12-15H,10-11H2,1-3H3,(H2,24,25). The lowest BCUT2D eigenvalue weighted by Gasteiger charge is -2.20. The minimum Gasteiger partial charge on any atom is -0.369 e. The first kappa shape index (κ1) is 16.6. The van der Waals surface area contributed by atoms with Gasteiger partial charge in [-0.25, -0.2) is 4.99 Å². The molecule has 0 aromatic heterocycles. The van der Waals surface area contributed by atoms with Gasteiger partial charge in [0.1, 0.15) is 0 Å². The molecule has 0 aliphatic heterocycles. The van der Waals surface area contributed by atoms with Gasteiger partial charge < -0.3 is 10.6 Å². The molecule has 0 fully saturated rings. The lowest BCUT2D eigenvalue weighted by molar-refractivity contribution is 0.866. The number of hydrogen-bond donors (Lipinski definition) is 1. The maximum absolute atomic E-state index is 6.37. The summed E-state index contributed by atoms with van der Waals surface area (Å²) < 4.78 is 0. The molecular weight excluding hydrogens is 318 g/mol. The van der Waals surface area contributed by atoms with E-state index in [9.17, 15) is 0 Å². The first-order chi connectivity index (χ1) is 12.5. The zero-order valence-corrected chi connectivity index (χ0v) is 15.7. The quantitative estimate of drug-likeness (QED) is 0.528. The summed E-state index contributed by atoms with van der Waals surface area (Å²) in [5.74, 6) is 0.989. The van der Waals surface area contributed by atoms with Crippen molar-refractivity contribution in [2.75, 3.05) is 11.9 Å². The number of anilines is 1. The zero-order valence-electron chi connectivity index (χ0n) is 15.7. The maximum atomic E-state index is 6.37. The van der Waals surface area contributed by atoms with Crippen LogP contribution in [0.4, 0.5) is 11.4 Å². The van der Waals surface area contributed by atoms with Crippen molar-refractivity contribution in [3.63, 3.8) is 0 Å². The molecule has 0 heterocycles. The van der Waals surface area contributed by atoms with E-state index in [0.29, 0.717) is 11.9 Å². The van der Waals surface area contributed by atoms with Gasteiger partial charge >= 0.3 is 0 Å². The summed E-state index contributed by atoms with van der Waals surface area (Å²) in [7, 11) is 1.97. The Balaban J connectivity index is 1.73. The highest BCUT2D eigenvalue weighted by Gasteiger charge is 2.16. The second-order valence-corrected chi connectivity index (χ2v) is 7.36. The normalized spacial score (nSPS) is 13.6. The molecule has 0 unspecified atom stereocenters. The van der Waals surface area contributed by atoms with Crippen molar-refractivity contribution in [1.82, 2.24) is 0 Å². The molecule has 1 aliphatic rings. The highest BCUT2D eigenvalue weighted by atomic mass is 15.2. The van der Waals surface area contributed by atoms with Crippen LogP contribution in [0, 0.1) is 0 Å². The fourth-order valence-electron chi connectivity index (χ4n) is 3.75. The van der Waals surface area contributed by atoms with Gasteiger partial charge in [0, 0.05) is 18.1 Å². The number of nitrogens with zero attached hydrogens (tertiary/aromatic N) is 2. The van der Waals surface area contributed by atoms with Crippen LogP contribution in [0.25, 0.3) is 10.8 Å². The SMILES string of the molecule is CC(C)c1cccc(N(C)C(N)=Nc2ccc3c4c(cccc24)CC3)c1. The van der Waals surface area contributed by atoms with Crippen molar-refractivity contribution in [1.29, 1.82) is 0 Å². The summed E-state index contributed by atoms with van der Waals surface area (Å²) in [5, 5.41) is 2.57. The average molecular weight is 343 g/mol. The fraction of sp³-hybridized carbons (Fsp3) is 0.261. The first-order valence-corrected chi connectivity index (χ1v) is 9.26. The maximum Gasteiger partial charge on any atom is 0.200 e. The largest absolute Gasteiger partial charge is 0.369 e. The molecule has 3 nitrogen and oxygen atoms in total. The molecule has 0 saturated heterocycles. The molecule has 0 bridgehead atoms. The first-order valence-electron chi connectivity index (χ1n) is 9.26. The van der Waals surface area contributed by atoms with E-state index in [1.54, 1.807) is 0 Å². The van der Waals surface area contributed by atoms with Crippen LogP contribution < -0.4 is 10.6 Å². The Kier molecular flexibility index (Phi) is 4.15. The lowest BCUT2D eigenvalue weighted by atomic mass is 10.0. The van der Waals surface area contributed by atoms with E-state index in [-0.39, 0.29) is 0 Å². The molecule has 4 rings (SSSR count). The molecule has 3 heteroatoms. The highest BCUT2D eigenvalue weighted by molar-refractivity contribution is 6.02. The number of aliphatic imine (C=N–C) groups is 1. The van der Waals surface area contributed by atoms with Crippen molar-refractivity contribution in [3.8, 4) is 0 Å². The van der Waals surface area contributed by atoms with E-state index < -0.39 is 0 Å². The monoisotopic (exact) mass is 343 g/mol. The van der Waals surface area contributed by atoms with Crippen LogP contribution in [0.5, 0.6) is 0 Å². The average Bonchev–Trinajstić information content (AvgIpc) is 3.08. The zero-order chi connectivity index (χ0) is 18.3. The summed E-state index contributed by atoms with van der Waals surface area (Å²) in [6, 6.07) is 19.3. The molecule has 0 spiro atoms. The van der Waals surface area contributed by atoms with Crippen molar-refractivity contribution in [3.05, 3.63) is 71.3 Å². The third-order valence-corrected chi connectivity index (χ3v) is 5.36. The molecule has 0 saturated carbocycles. The van der Waals surface area contributed by atoms with Crippen LogP contribution >= 0.6 is 0 Å². The van der Waals surface area contributed by atoms with Crippen LogP contribution in [0.15, 0.2) is 59.6 Å². The lowest BCUT2D eigenvalue weighted by Crippen LogP contribution is -2.33. The summed E-state index contributed by atoms with van der Waals surface area (Å²) >= 11 is 0. The van der Waals surface area contributed by atoms with Gasteiger partial charge in [0.05, 0.1) is 5.69 Å². The summed E-state index contributed by atoms with van der Waals surface area (Å²) in [6.45, 7) is 4.40. The van der Waals surface area contributed by atoms with E-state index >= 15 is 0 Å². The minimum atomic E-state index is 0.484. The van der Waals surface area contributed by atoms with Gasteiger partial charge in [-0.2, -0.15) is 0 Å². The van der Waals surface area contributed by atoms with E-state index in [1.807, 2.05) is 11.9 Å². The van der Waals surface area contributed by atoms with Gasteiger partial charge in [0.15, 0.2) is 0 Å². The number of hydrogen-bond acceptors (Lipinski definition) is 1. The van der Waals surface area contributed by atoms with Gasteiger partial charge in [0.25, 0.3) is 0 Å². The van der Waals surface area contributed by atoms with Crippen molar-refractivity contribution in [2.24, 2.45) is 10.7 Å². The van der Waals surface area contributed by atoms with Gasteiger partial charge in [-0.3, -0.25) is 0 Å². The predicted octanol–water partition coefficient (Wildman–Crippen LogP) is 5.14. The van der Waals surface area contributed by atoms with Crippen LogP contribution in [-0.4, -0.2) is 13.0 Å². The summed E-state index contributed by atoms with van der Waals surface area (Å²) in [4.78, 5) is 6.72. The Hall–Kier alpha value is -2.81. The van der Waals surface area contributed by atoms with Crippen molar-refractivity contribution < 1.29 is 0 Å². The van der Waals surface area contributed by atoms with E-state index in [4.69, 9.17) is 10.7 Å². The van der Waals surface area contributed by atoms with Gasteiger partial charge in [0.2, 0.25) is 5.96 Å². The highest BCUT2D eigenvalue weighted by Crippen LogP contribution is 2.36. The Morgan fingerprint density at radius 2 is 1.73 bits per heavy atom. The number of aryl methyl sites for hydroxylation is 2. The van der Waals surface area contributed by atoms with Gasteiger partial charge in [-0.15, -0.1) is 0 Å². The van der Waals surface area contributed by atoms with Gasteiger partial charge in [-0.05, 0) is 59.0 Å². The van der Waals surface area contributed by atoms with Crippen LogP contribution in [0.3, 0.4) is 0 Å². The minimum absolute atomic E-state index is 0.484. The molecule has 1 aliphatic carbocycles. The third kappa shape index (κ3) is 2.84. The molecular formula is C23H25N3. The molecule has 0 radical (unpaired) electrons. The van der Waals surface area contributed by atoms with E-state index in [2.05, 4.69) is 68.4 Å². The fourth-order valence-corrected chi connectivity index (χ4v) is 3.75. The second-order valence-electron chi connectivity index (χ2n) is 7.36. The Labute approximate surface area is 155 Å². The summed E-state index contributed by atoms with van der Waals surface area (Å²) in [5.41, 5.74) is 12.5. The smallest absolute Gasteiger partial charge is 0.200 e. The molecule has 132 valence electrons. The second kappa shape index (κ2) is 6.49. The molecule has 0 amide bonds. The van der Waals surface area contributed by atoms with E-state index in [1.165, 1.54) is 27.5 Å². The molecule has 3 aromatic carbocycles. The topological polar surface area (TPSA) is 41.6 Å². The van der Waals surface area contributed by atoms with Crippen LogP contribution in [0.2, 0.25) is 0 Å². The Bertz CT molecular complexity index is 991. The van der Waals surface area contributed by atoms with Crippen LogP contribution in [-0.2, 0) is 12.8 Å². The Morgan fingerprint density at radius 1 is 1.00 bits per heavy atom. The molecule has 3 aromatic rings. The van der Waals surface area contributed by atoms with Crippen LogP contribution in [0.1, 0.15) is 36.5 Å². The Morgan fingerprint density at radius 3 is 2.50 bits per heavy atom. The number of rotatable bonds is 3. The molecule has 2 N–H and O–H groups in total. The van der Waals surface area contributed by atoms with Crippen molar-refractivity contribution in [2.45, 2.75) is 32.6 Å². The van der Waals surface area contributed by atoms with Crippen molar-refractivity contribution >= 4 is 28.1 Å². The number of guanidine groups is 1. The molecule has 0 atom stereocenters.